The Labute approximate surface area is 140 Å². The molecule has 0 unspecified atom stereocenters. The van der Waals surface area contributed by atoms with Gasteiger partial charge in [0.1, 0.15) is 5.76 Å². The molecule has 0 bridgehead atoms. The van der Waals surface area contributed by atoms with Crippen molar-refractivity contribution in [1.82, 2.24) is 10.2 Å². The Balaban J connectivity index is 1.60. The van der Waals surface area contributed by atoms with Gasteiger partial charge in [-0.05, 0) is 17.7 Å². The summed E-state index contributed by atoms with van der Waals surface area (Å²) < 4.78 is 5.25. The lowest BCUT2D eigenvalue weighted by Gasteiger charge is -2.19. The highest BCUT2D eigenvalue weighted by Gasteiger charge is 2.35. The molecule has 6 heteroatoms. The molecule has 0 aliphatic carbocycles. The molecule has 0 saturated carbocycles. The van der Waals surface area contributed by atoms with E-state index in [1.54, 1.807) is 23.3 Å². The largest absolute Gasteiger partial charge is 0.467 e. The highest BCUT2D eigenvalue weighted by atomic mass is 16.3. The van der Waals surface area contributed by atoms with Gasteiger partial charge in [-0.3, -0.25) is 9.59 Å². The number of hydrogen-bond acceptors (Lipinski definition) is 4. The summed E-state index contributed by atoms with van der Waals surface area (Å²) in [4.78, 5) is 26.2. The number of carbonyl (C=O) groups is 2. The van der Waals surface area contributed by atoms with Crippen LogP contribution in [0, 0.1) is 5.92 Å². The first-order chi connectivity index (χ1) is 11.7. The summed E-state index contributed by atoms with van der Waals surface area (Å²) in [5.41, 5.74) is 0.838. The van der Waals surface area contributed by atoms with Gasteiger partial charge < -0.3 is 19.7 Å². The first-order valence-corrected chi connectivity index (χ1v) is 7.93. The Morgan fingerprint density at radius 2 is 2.08 bits per heavy atom. The van der Waals surface area contributed by atoms with E-state index in [1.165, 1.54) is 0 Å². The summed E-state index contributed by atoms with van der Waals surface area (Å²) >= 11 is 0. The molecule has 126 valence electrons. The Morgan fingerprint density at radius 3 is 2.75 bits per heavy atom. The number of nitrogens with zero attached hydrogens (tertiary/aromatic N) is 1. The van der Waals surface area contributed by atoms with Crippen molar-refractivity contribution in [3.8, 4) is 0 Å². The minimum atomic E-state index is -0.465. The molecule has 0 spiro atoms. The predicted octanol–water partition coefficient (Wildman–Crippen LogP) is 1.48. The van der Waals surface area contributed by atoms with Crippen LogP contribution in [0.1, 0.15) is 23.8 Å². The van der Waals surface area contributed by atoms with Crippen LogP contribution in [0.3, 0.4) is 0 Å². The number of rotatable bonds is 6. The lowest BCUT2D eigenvalue weighted by Crippen LogP contribution is -2.36. The normalized spacial score (nSPS) is 18.6. The van der Waals surface area contributed by atoms with Gasteiger partial charge in [-0.15, -0.1) is 0 Å². The fourth-order valence-corrected chi connectivity index (χ4v) is 2.90. The average molecular weight is 328 g/mol. The maximum atomic E-state index is 12.5. The van der Waals surface area contributed by atoms with Crippen molar-refractivity contribution in [3.63, 3.8) is 0 Å². The zero-order valence-corrected chi connectivity index (χ0v) is 13.2. The number of nitrogens with one attached hydrogen (secondary N) is 1. The molecule has 1 fully saturated rings. The molecule has 1 aliphatic heterocycles. The minimum Gasteiger partial charge on any atom is -0.467 e. The van der Waals surface area contributed by atoms with E-state index in [0.717, 1.165) is 5.56 Å². The van der Waals surface area contributed by atoms with Crippen LogP contribution in [0.25, 0.3) is 0 Å². The van der Waals surface area contributed by atoms with Crippen molar-refractivity contribution in [1.29, 1.82) is 0 Å². The third-order valence-electron chi connectivity index (χ3n) is 4.21. The van der Waals surface area contributed by atoms with Crippen LogP contribution in [0.4, 0.5) is 0 Å². The monoisotopic (exact) mass is 328 g/mol. The molecular weight excluding hydrogens is 308 g/mol. The van der Waals surface area contributed by atoms with E-state index in [-0.39, 0.29) is 24.8 Å². The Bertz CT molecular complexity index is 684. The van der Waals surface area contributed by atoms with E-state index in [1.807, 2.05) is 30.3 Å². The molecule has 6 nitrogen and oxygen atoms in total. The number of hydrogen-bond donors (Lipinski definition) is 2. The topological polar surface area (TPSA) is 82.8 Å². The van der Waals surface area contributed by atoms with Gasteiger partial charge in [0.2, 0.25) is 11.8 Å². The van der Waals surface area contributed by atoms with Crippen molar-refractivity contribution < 1.29 is 19.1 Å². The minimum absolute atomic E-state index is 0.0631. The maximum Gasteiger partial charge on any atom is 0.225 e. The lowest BCUT2D eigenvalue weighted by atomic mass is 10.0. The Hall–Kier alpha value is -2.60. The van der Waals surface area contributed by atoms with Gasteiger partial charge in [0.15, 0.2) is 0 Å². The molecule has 1 saturated heterocycles. The third kappa shape index (κ3) is 3.65. The van der Waals surface area contributed by atoms with Gasteiger partial charge in [-0.25, -0.2) is 0 Å². The molecule has 1 aliphatic rings. The molecule has 24 heavy (non-hydrogen) atoms. The van der Waals surface area contributed by atoms with E-state index in [9.17, 15) is 14.7 Å². The summed E-state index contributed by atoms with van der Waals surface area (Å²) in [5.74, 6) is 0.00663. The van der Waals surface area contributed by atoms with Crippen molar-refractivity contribution in [2.75, 3.05) is 13.2 Å². The quantitative estimate of drug-likeness (QED) is 0.841. The van der Waals surface area contributed by atoms with Crippen LogP contribution in [-0.2, 0) is 16.1 Å². The van der Waals surface area contributed by atoms with Crippen molar-refractivity contribution in [2.24, 2.45) is 5.92 Å². The zero-order valence-electron chi connectivity index (χ0n) is 13.2. The van der Waals surface area contributed by atoms with E-state index in [2.05, 4.69) is 5.32 Å². The molecular formula is C18H20N2O4. The molecule has 2 amide bonds. The summed E-state index contributed by atoms with van der Waals surface area (Å²) in [6.45, 7) is 0.544. The summed E-state index contributed by atoms with van der Waals surface area (Å²) in [6, 6.07) is 12.4. The second-order valence-electron chi connectivity index (χ2n) is 5.91. The second-order valence-corrected chi connectivity index (χ2v) is 5.91. The number of carbonyl (C=O) groups excluding carboxylic acids is 2. The fourth-order valence-electron chi connectivity index (χ4n) is 2.90. The van der Waals surface area contributed by atoms with E-state index >= 15 is 0 Å². The fraction of sp³-hybridized carbons (Fsp3) is 0.333. The number of amides is 2. The van der Waals surface area contributed by atoms with Crippen molar-refractivity contribution in [2.45, 2.75) is 19.0 Å². The van der Waals surface area contributed by atoms with Gasteiger partial charge in [-0.2, -0.15) is 0 Å². The van der Waals surface area contributed by atoms with E-state index in [0.29, 0.717) is 18.8 Å². The number of aliphatic hydroxyl groups is 1. The van der Waals surface area contributed by atoms with Crippen LogP contribution in [-0.4, -0.2) is 35.0 Å². The smallest absolute Gasteiger partial charge is 0.225 e. The predicted molar refractivity (Wildman–Crippen MR) is 86.6 cm³/mol. The molecule has 2 atom stereocenters. The first-order valence-electron chi connectivity index (χ1n) is 7.93. The SMILES string of the molecule is O=C(N[C@@H](CO)c1ccccc1)[C@H]1CC(=O)N(Cc2ccco2)C1. The summed E-state index contributed by atoms with van der Waals surface area (Å²) in [7, 11) is 0. The zero-order chi connectivity index (χ0) is 16.9. The standard InChI is InChI=1S/C18H20N2O4/c21-12-16(13-5-2-1-3-6-13)19-18(23)14-9-17(22)20(10-14)11-15-7-4-8-24-15/h1-8,14,16,21H,9-12H2,(H,19,23)/t14-,16-/m0/s1. The molecule has 3 rings (SSSR count). The van der Waals surface area contributed by atoms with Crippen LogP contribution >= 0.6 is 0 Å². The third-order valence-corrected chi connectivity index (χ3v) is 4.21. The molecule has 2 N–H and O–H groups in total. The van der Waals surface area contributed by atoms with E-state index in [4.69, 9.17) is 4.42 Å². The van der Waals surface area contributed by atoms with Gasteiger partial charge in [0.25, 0.3) is 0 Å². The second kappa shape index (κ2) is 7.31. The van der Waals surface area contributed by atoms with E-state index < -0.39 is 12.0 Å². The molecule has 0 radical (unpaired) electrons. The highest BCUT2D eigenvalue weighted by Crippen LogP contribution is 2.22. The van der Waals surface area contributed by atoms with Crippen LogP contribution < -0.4 is 5.32 Å². The average Bonchev–Trinajstić information content (AvgIpc) is 3.24. The molecule has 2 aromatic rings. The van der Waals surface area contributed by atoms with Crippen LogP contribution in [0.5, 0.6) is 0 Å². The molecule has 1 aromatic heterocycles. The molecule has 2 heterocycles. The highest BCUT2D eigenvalue weighted by molar-refractivity contribution is 5.89. The number of benzene rings is 1. The number of likely N-dealkylation sites (tertiary alicyclic amines) is 1. The lowest BCUT2D eigenvalue weighted by molar-refractivity contribution is -0.129. The first kappa shape index (κ1) is 16.3. The van der Waals surface area contributed by atoms with Crippen LogP contribution in [0.2, 0.25) is 0 Å². The number of aliphatic hydroxyl groups excluding tert-OH is 1. The Morgan fingerprint density at radius 1 is 1.29 bits per heavy atom. The van der Waals surface area contributed by atoms with Gasteiger partial charge in [-0.1, -0.05) is 30.3 Å². The Kier molecular flexibility index (Phi) is 4.96. The number of furan rings is 1. The van der Waals surface area contributed by atoms with Gasteiger partial charge in [0, 0.05) is 13.0 Å². The maximum absolute atomic E-state index is 12.5. The molecule has 1 aromatic carbocycles. The van der Waals surface area contributed by atoms with Crippen LogP contribution in [0.15, 0.2) is 53.1 Å². The summed E-state index contributed by atoms with van der Waals surface area (Å²) in [6.07, 6.45) is 1.74. The van der Waals surface area contributed by atoms with Gasteiger partial charge in [0.05, 0.1) is 31.4 Å². The van der Waals surface area contributed by atoms with Crippen molar-refractivity contribution >= 4 is 11.8 Å². The van der Waals surface area contributed by atoms with Gasteiger partial charge >= 0.3 is 0 Å². The summed E-state index contributed by atoms with van der Waals surface area (Å²) in [5, 5.41) is 12.4. The van der Waals surface area contributed by atoms with Crippen molar-refractivity contribution in [3.05, 3.63) is 60.1 Å².